The highest BCUT2D eigenvalue weighted by Gasteiger charge is 2.24. The van der Waals surface area contributed by atoms with Crippen LogP contribution in [0.25, 0.3) is 0 Å². The molecule has 0 saturated carbocycles. The van der Waals surface area contributed by atoms with Crippen LogP contribution in [0.3, 0.4) is 0 Å². The molecule has 1 atom stereocenters. The molecule has 0 aromatic carbocycles. The molecule has 1 unspecified atom stereocenters. The number of tetrazole rings is 1. The molecule has 1 aromatic heterocycles. The highest BCUT2D eigenvalue weighted by Crippen LogP contribution is 2.24. The van der Waals surface area contributed by atoms with Gasteiger partial charge in [0.2, 0.25) is 5.16 Å². The lowest BCUT2D eigenvalue weighted by molar-refractivity contribution is 0.295. The fraction of sp³-hybridized carbons (Fsp3) is 0.900. The molecule has 1 aromatic rings. The Balaban J connectivity index is 2.54. The fourth-order valence-electron chi connectivity index (χ4n) is 1.36. The van der Waals surface area contributed by atoms with E-state index in [1.165, 1.54) is 0 Å². The van der Waals surface area contributed by atoms with Crippen LogP contribution in [0, 0.1) is 5.41 Å². The Morgan fingerprint density at radius 2 is 2.12 bits per heavy atom. The lowest BCUT2D eigenvalue weighted by Crippen LogP contribution is -2.42. The molecule has 0 fully saturated rings. The quantitative estimate of drug-likeness (QED) is 0.791. The van der Waals surface area contributed by atoms with Crippen molar-refractivity contribution in [3.8, 4) is 0 Å². The molecule has 5 nitrogen and oxygen atoms in total. The first-order chi connectivity index (χ1) is 7.45. The molecule has 0 saturated heterocycles. The average Bonchev–Trinajstić information content (AvgIpc) is 2.57. The molecule has 0 aliphatic heterocycles. The summed E-state index contributed by atoms with van der Waals surface area (Å²) in [6, 6.07) is 0.458. The third kappa shape index (κ3) is 3.75. The second-order valence-corrected chi connectivity index (χ2v) is 5.86. The van der Waals surface area contributed by atoms with E-state index in [2.05, 4.69) is 48.5 Å². The number of nitrogens with zero attached hydrogens (tertiary/aromatic N) is 4. The van der Waals surface area contributed by atoms with E-state index < -0.39 is 0 Å². The van der Waals surface area contributed by atoms with Crippen molar-refractivity contribution in [3.63, 3.8) is 0 Å². The third-order valence-corrected chi connectivity index (χ3v) is 3.56. The number of aromatic nitrogens is 4. The summed E-state index contributed by atoms with van der Waals surface area (Å²) in [6.07, 6.45) is 0. The topological polar surface area (TPSA) is 55.6 Å². The molecule has 0 aliphatic rings. The van der Waals surface area contributed by atoms with Crippen LogP contribution < -0.4 is 5.32 Å². The summed E-state index contributed by atoms with van der Waals surface area (Å²) in [5.41, 5.74) is 0.245. The minimum atomic E-state index is 0.245. The maximum atomic E-state index is 3.97. The molecule has 0 spiro atoms. The second-order valence-electron chi connectivity index (χ2n) is 4.87. The van der Waals surface area contributed by atoms with Crippen LogP contribution >= 0.6 is 11.8 Å². The van der Waals surface area contributed by atoms with Crippen LogP contribution in [0.15, 0.2) is 5.16 Å². The molecule has 6 heteroatoms. The Bertz CT molecular complexity index is 317. The van der Waals surface area contributed by atoms with Crippen molar-refractivity contribution >= 4 is 11.8 Å². The Morgan fingerprint density at radius 1 is 1.44 bits per heavy atom. The zero-order valence-electron chi connectivity index (χ0n) is 10.7. The third-order valence-electron chi connectivity index (χ3n) is 2.46. The van der Waals surface area contributed by atoms with Crippen LogP contribution in [0.5, 0.6) is 0 Å². The average molecular weight is 243 g/mol. The van der Waals surface area contributed by atoms with Crippen LogP contribution in [0.1, 0.15) is 27.7 Å². The number of nitrogens with one attached hydrogen (secondary N) is 1. The zero-order valence-corrected chi connectivity index (χ0v) is 11.5. The van der Waals surface area contributed by atoms with E-state index in [9.17, 15) is 0 Å². The predicted molar refractivity (Wildman–Crippen MR) is 66.4 cm³/mol. The number of aryl methyl sites for hydroxylation is 1. The Morgan fingerprint density at radius 3 is 2.56 bits per heavy atom. The van der Waals surface area contributed by atoms with Gasteiger partial charge in [-0.3, -0.25) is 0 Å². The smallest absolute Gasteiger partial charge is 0.209 e. The molecule has 1 heterocycles. The number of thioether (sulfide) groups is 1. The Kier molecular flexibility index (Phi) is 4.73. The van der Waals surface area contributed by atoms with Gasteiger partial charge in [-0.25, -0.2) is 4.68 Å². The molecule has 1 N–H and O–H groups in total. The molecular weight excluding hydrogens is 222 g/mol. The monoisotopic (exact) mass is 243 g/mol. The van der Waals surface area contributed by atoms with Gasteiger partial charge in [-0.05, 0) is 22.4 Å². The SMILES string of the molecule is CCNC(CSc1nnnn1C)C(C)(C)C. The zero-order chi connectivity index (χ0) is 12.2. The van der Waals surface area contributed by atoms with Gasteiger partial charge in [-0.1, -0.05) is 39.5 Å². The van der Waals surface area contributed by atoms with E-state index in [0.717, 1.165) is 17.5 Å². The van der Waals surface area contributed by atoms with Gasteiger partial charge in [0.25, 0.3) is 0 Å². The van der Waals surface area contributed by atoms with Gasteiger partial charge < -0.3 is 5.32 Å². The standard InChI is InChI=1S/C10H21N5S/c1-6-11-8(10(2,3)4)7-16-9-12-13-14-15(9)5/h8,11H,6-7H2,1-5H3. The van der Waals surface area contributed by atoms with Crippen molar-refractivity contribution in [2.75, 3.05) is 12.3 Å². The van der Waals surface area contributed by atoms with Crippen molar-refractivity contribution in [1.82, 2.24) is 25.5 Å². The number of rotatable bonds is 5. The normalized spacial score (nSPS) is 14.1. The molecule has 0 radical (unpaired) electrons. The van der Waals surface area contributed by atoms with E-state index in [4.69, 9.17) is 0 Å². The van der Waals surface area contributed by atoms with Crippen molar-refractivity contribution < 1.29 is 0 Å². The maximum absolute atomic E-state index is 3.97. The summed E-state index contributed by atoms with van der Waals surface area (Å²) in [7, 11) is 1.86. The van der Waals surface area contributed by atoms with Crippen LogP contribution in [0.2, 0.25) is 0 Å². The summed E-state index contributed by atoms with van der Waals surface area (Å²) in [5.74, 6) is 0.978. The Hall–Kier alpha value is -0.620. The summed E-state index contributed by atoms with van der Waals surface area (Å²) < 4.78 is 1.70. The largest absolute Gasteiger partial charge is 0.313 e. The lowest BCUT2D eigenvalue weighted by atomic mass is 9.88. The second kappa shape index (κ2) is 5.63. The highest BCUT2D eigenvalue weighted by atomic mass is 32.2. The van der Waals surface area contributed by atoms with E-state index in [-0.39, 0.29) is 5.41 Å². The minimum absolute atomic E-state index is 0.245. The first-order valence-electron chi connectivity index (χ1n) is 5.53. The van der Waals surface area contributed by atoms with E-state index in [0.29, 0.717) is 6.04 Å². The lowest BCUT2D eigenvalue weighted by Gasteiger charge is -2.30. The summed E-state index contributed by atoms with van der Waals surface area (Å²) in [5, 5.41) is 15.8. The van der Waals surface area contributed by atoms with Crippen LogP contribution in [0.4, 0.5) is 0 Å². The van der Waals surface area contributed by atoms with Crippen LogP contribution in [-0.4, -0.2) is 38.5 Å². The van der Waals surface area contributed by atoms with Gasteiger partial charge in [0.15, 0.2) is 0 Å². The van der Waals surface area contributed by atoms with E-state index in [1.54, 1.807) is 16.4 Å². The molecular formula is C10H21N5S. The molecule has 92 valence electrons. The maximum Gasteiger partial charge on any atom is 0.209 e. The van der Waals surface area contributed by atoms with E-state index >= 15 is 0 Å². The van der Waals surface area contributed by atoms with Gasteiger partial charge in [0.05, 0.1) is 0 Å². The highest BCUT2D eigenvalue weighted by molar-refractivity contribution is 7.99. The summed E-state index contributed by atoms with van der Waals surface area (Å²) >= 11 is 1.69. The van der Waals surface area contributed by atoms with Gasteiger partial charge in [0, 0.05) is 18.8 Å². The summed E-state index contributed by atoms with van der Waals surface area (Å²) in [6.45, 7) is 9.86. The van der Waals surface area contributed by atoms with Crippen molar-refractivity contribution in [2.45, 2.75) is 38.9 Å². The van der Waals surface area contributed by atoms with Crippen molar-refractivity contribution in [2.24, 2.45) is 12.5 Å². The van der Waals surface area contributed by atoms with Crippen molar-refractivity contribution in [3.05, 3.63) is 0 Å². The Labute approximate surface area is 101 Å². The molecule has 1 rings (SSSR count). The van der Waals surface area contributed by atoms with Crippen molar-refractivity contribution in [1.29, 1.82) is 0 Å². The molecule has 16 heavy (non-hydrogen) atoms. The van der Waals surface area contributed by atoms with E-state index in [1.807, 2.05) is 7.05 Å². The van der Waals surface area contributed by atoms with Gasteiger partial charge in [0.1, 0.15) is 0 Å². The van der Waals surface area contributed by atoms with Gasteiger partial charge in [-0.15, -0.1) is 5.10 Å². The predicted octanol–water partition coefficient (Wildman–Crippen LogP) is 1.33. The number of hydrogen-bond acceptors (Lipinski definition) is 5. The number of hydrogen-bond donors (Lipinski definition) is 1. The molecule has 0 amide bonds. The minimum Gasteiger partial charge on any atom is -0.313 e. The van der Waals surface area contributed by atoms with Crippen LogP contribution in [-0.2, 0) is 7.05 Å². The first kappa shape index (κ1) is 13.4. The van der Waals surface area contributed by atoms with Gasteiger partial charge >= 0.3 is 0 Å². The summed E-state index contributed by atoms with van der Waals surface area (Å²) in [4.78, 5) is 0. The fourth-order valence-corrected chi connectivity index (χ4v) is 2.61. The van der Waals surface area contributed by atoms with Gasteiger partial charge in [-0.2, -0.15) is 0 Å². The molecule has 0 aliphatic carbocycles. The first-order valence-corrected chi connectivity index (χ1v) is 6.52. The molecule has 0 bridgehead atoms.